The second-order valence-electron chi connectivity index (χ2n) is 3.12. The van der Waals surface area contributed by atoms with Crippen molar-refractivity contribution in [1.82, 2.24) is 19.5 Å². The Labute approximate surface area is 79.7 Å². The van der Waals surface area contributed by atoms with Crippen LogP contribution in [0.1, 0.15) is 11.5 Å². The van der Waals surface area contributed by atoms with Gasteiger partial charge in [0.25, 0.3) is 0 Å². The maximum Gasteiger partial charge on any atom is 0.345 e. The van der Waals surface area contributed by atoms with Gasteiger partial charge in [-0.05, 0) is 6.92 Å². The minimum atomic E-state index is -0.168. The molecular weight excluding hydrogens is 184 g/mol. The van der Waals surface area contributed by atoms with Gasteiger partial charge in [-0.3, -0.25) is 4.57 Å². The predicted molar refractivity (Wildman–Crippen MR) is 47.8 cm³/mol. The largest absolute Gasteiger partial charge is 0.359 e. The van der Waals surface area contributed by atoms with Gasteiger partial charge in [0.05, 0.1) is 5.69 Å². The fourth-order valence-corrected chi connectivity index (χ4v) is 1.17. The van der Waals surface area contributed by atoms with Gasteiger partial charge < -0.3 is 4.52 Å². The fraction of sp³-hybridized carbons (Fsp3) is 0.375. The van der Waals surface area contributed by atoms with Gasteiger partial charge in [0.1, 0.15) is 12.9 Å². The van der Waals surface area contributed by atoms with Gasteiger partial charge in [-0.15, -0.1) is 0 Å². The van der Waals surface area contributed by atoms with Crippen molar-refractivity contribution in [3.63, 3.8) is 0 Å². The van der Waals surface area contributed by atoms with E-state index in [4.69, 9.17) is 4.52 Å². The van der Waals surface area contributed by atoms with Crippen LogP contribution in [0.3, 0.4) is 0 Å². The van der Waals surface area contributed by atoms with Crippen LogP contribution < -0.4 is 5.69 Å². The van der Waals surface area contributed by atoms with E-state index >= 15 is 0 Å². The van der Waals surface area contributed by atoms with Crippen molar-refractivity contribution >= 4 is 0 Å². The van der Waals surface area contributed by atoms with E-state index in [0.29, 0.717) is 12.3 Å². The summed E-state index contributed by atoms with van der Waals surface area (Å²) in [6, 6.07) is 1.78. The van der Waals surface area contributed by atoms with Crippen molar-refractivity contribution in [3.8, 4) is 0 Å². The van der Waals surface area contributed by atoms with Crippen LogP contribution in [0.4, 0.5) is 0 Å². The Kier molecular flexibility index (Phi) is 1.95. The lowest BCUT2D eigenvalue weighted by Crippen LogP contribution is -2.23. The lowest BCUT2D eigenvalue weighted by atomic mass is 10.4. The van der Waals surface area contributed by atoms with Crippen LogP contribution in [0.25, 0.3) is 0 Å². The normalized spacial score (nSPS) is 10.7. The molecule has 0 radical (unpaired) electrons. The van der Waals surface area contributed by atoms with E-state index in [2.05, 4.69) is 10.3 Å². The molecule has 74 valence electrons. The number of rotatable bonds is 2. The summed E-state index contributed by atoms with van der Waals surface area (Å²) in [5.41, 5.74) is 0.628. The highest BCUT2D eigenvalue weighted by Gasteiger charge is 2.06. The first-order valence-corrected chi connectivity index (χ1v) is 4.17. The summed E-state index contributed by atoms with van der Waals surface area (Å²) >= 11 is 0. The summed E-state index contributed by atoms with van der Waals surface area (Å²) in [6.07, 6.45) is 1.46. The topological polar surface area (TPSA) is 65.8 Å². The minimum Gasteiger partial charge on any atom is -0.359 e. The molecule has 0 spiro atoms. The van der Waals surface area contributed by atoms with Crippen molar-refractivity contribution in [1.29, 1.82) is 0 Å². The molecule has 0 N–H and O–H groups in total. The van der Waals surface area contributed by atoms with Crippen LogP contribution in [-0.4, -0.2) is 19.5 Å². The van der Waals surface area contributed by atoms with Gasteiger partial charge in [-0.1, -0.05) is 5.16 Å². The maximum atomic E-state index is 11.4. The summed E-state index contributed by atoms with van der Waals surface area (Å²) in [5.74, 6) is 0.628. The first-order valence-electron chi connectivity index (χ1n) is 4.17. The van der Waals surface area contributed by atoms with Crippen molar-refractivity contribution in [3.05, 3.63) is 34.3 Å². The highest BCUT2D eigenvalue weighted by atomic mass is 16.5. The van der Waals surface area contributed by atoms with Gasteiger partial charge in [0, 0.05) is 13.1 Å². The van der Waals surface area contributed by atoms with E-state index in [1.807, 2.05) is 6.92 Å². The molecule has 0 saturated heterocycles. The zero-order valence-electron chi connectivity index (χ0n) is 7.97. The number of hydrogen-bond donors (Lipinski definition) is 0. The van der Waals surface area contributed by atoms with Crippen molar-refractivity contribution in [2.75, 3.05) is 0 Å². The van der Waals surface area contributed by atoms with Crippen LogP contribution in [-0.2, 0) is 13.6 Å². The van der Waals surface area contributed by atoms with Crippen LogP contribution in [0, 0.1) is 6.92 Å². The molecule has 6 nitrogen and oxygen atoms in total. The second-order valence-corrected chi connectivity index (χ2v) is 3.12. The van der Waals surface area contributed by atoms with Crippen molar-refractivity contribution in [2.24, 2.45) is 7.05 Å². The number of hydrogen-bond acceptors (Lipinski definition) is 4. The summed E-state index contributed by atoms with van der Waals surface area (Å²) in [6.45, 7) is 2.15. The van der Waals surface area contributed by atoms with Gasteiger partial charge in [0.15, 0.2) is 5.76 Å². The quantitative estimate of drug-likeness (QED) is 0.671. The zero-order valence-corrected chi connectivity index (χ0v) is 7.97. The lowest BCUT2D eigenvalue weighted by Gasteiger charge is -1.92. The van der Waals surface area contributed by atoms with Crippen LogP contribution in [0.2, 0.25) is 0 Å². The lowest BCUT2D eigenvalue weighted by molar-refractivity contribution is 0.366. The molecule has 0 saturated carbocycles. The molecule has 0 aromatic carbocycles. The number of aryl methyl sites for hydroxylation is 2. The summed E-state index contributed by atoms with van der Waals surface area (Å²) in [5, 5.41) is 7.62. The van der Waals surface area contributed by atoms with E-state index in [9.17, 15) is 4.79 Å². The molecule has 2 heterocycles. The Morgan fingerprint density at radius 3 is 2.86 bits per heavy atom. The Balaban J connectivity index is 2.27. The third-order valence-corrected chi connectivity index (χ3v) is 1.87. The molecule has 0 fully saturated rings. The highest BCUT2D eigenvalue weighted by Crippen LogP contribution is 2.02. The molecule has 14 heavy (non-hydrogen) atoms. The first-order chi connectivity index (χ1) is 6.66. The molecule has 0 amide bonds. The van der Waals surface area contributed by atoms with E-state index in [0.717, 1.165) is 5.69 Å². The van der Waals surface area contributed by atoms with Gasteiger partial charge in [0.2, 0.25) is 0 Å². The van der Waals surface area contributed by atoms with Crippen LogP contribution in [0.15, 0.2) is 21.7 Å². The maximum absolute atomic E-state index is 11.4. The SMILES string of the molecule is Cc1cc(Cn2ncn(C)c2=O)on1. The smallest absolute Gasteiger partial charge is 0.345 e. The monoisotopic (exact) mass is 194 g/mol. The molecule has 0 aliphatic rings. The number of aromatic nitrogens is 4. The van der Waals surface area contributed by atoms with E-state index < -0.39 is 0 Å². The molecular formula is C8H10N4O2. The van der Waals surface area contributed by atoms with E-state index in [1.165, 1.54) is 15.6 Å². The average molecular weight is 194 g/mol. The third kappa shape index (κ3) is 1.46. The second kappa shape index (κ2) is 3.13. The van der Waals surface area contributed by atoms with Crippen LogP contribution in [0.5, 0.6) is 0 Å². The fourth-order valence-electron chi connectivity index (χ4n) is 1.17. The molecule has 0 atom stereocenters. The van der Waals surface area contributed by atoms with Gasteiger partial charge in [-0.2, -0.15) is 5.10 Å². The van der Waals surface area contributed by atoms with E-state index in [1.54, 1.807) is 13.1 Å². The van der Waals surface area contributed by atoms with E-state index in [-0.39, 0.29) is 5.69 Å². The molecule has 6 heteroatoms. The average Bonchev–Trinajstić information content (AvgIpc) is 2.67. The number of nitrogens with zero attached hydrogens (tertiary/aromatic N) is 4. The Hall–Kier alpha value is -1.85. The molecule has 2 rings (SSSR count). The highest BCUT2D eigenvalue weighted by molar-refractivity contribution is 5.02. The van der Waals surface area contributed by atoms with Crippen molar-refractivity contribution < 1.29 is 4.52 Å². The Bertz CT molecular complexity index is 493. The molecule has 0 bridgehead atoms. The Morgan fingerprint density at radius 1 is 1.57 bits per heavy atom. The zero-order chi connectivity index (χ0) is 10.1. The summed E-state index contributed by atoms with van der Waals surface area (Å²) < 4.78 is 7.70. The molecule has 2 aromatic heterocycles. The molecule has 0 aliphatic carbocycles. The predicted octanol–water partition coefficient (Wildman–Crippen LogP) is -0.0735. The molecule has 0 aliphatic heterocycles. The first kappa shape index (κ1) is 8.74. The molecule has 2 aromatic rings. The Morgan fingerprint density at radius 2 is 2.36 bits per heavy atom. The summed E-state index contributed by atoms with van der Waals surface area (Å²) in [4.78, 5) is 11.4. The van der Waals surface area contributed by atoms with Gasteiger partial charge in [-0.25, -0.2) is 9.48 Å². The minimum absolute atomic E-state index is 0.168. The molecule has 0 unspecified atom stereocenters. The third-order valence-electron chi connectivity index (χ3n) is 1.87. The summed E-state index contributed by atoms with van der Waals surface area (Å²) in [7, 11) is 1.65. The standard InChI is InChI=1S/C8H10N4O2/c1-6-3-7(14-10-6)4-12-8(13)11(2)5-9-12/h3,5H,4H2,1-2H3. The van der Waals surface area contributed by atoms with Gasteiger partial charge >= 0.3 is 5.69 Å². The van der Waals surface area contributed by atoms with Crippen molar-refractivity contribution in [2.45, 2.75) is 13.5 Å². The van der Waals surface area contributed by atoms with Crippen LogP contribution >= 0.6 is 0 Å².